The number of hydrogen-bond acceptors (Lipinski definition) is 5. The Balaban J connectivity index is 1.82. The lowest BCUT2D eigenvalue weighted by Crippen LogP contribution is -2.40. The molecule has 1 aliphatic rings. The highest BCUT2D eigenvalue weighted by Gasteiger charge is 2.27. The summed E-state index contributed by atoms with van der Waals surface area (Å²) < 4.78 is 24.7. The Hall–Kier alpha value is -2.99. The predicted octanol–water partition coefficient (Wildman–Crippen LogP) is 3.14. The standard InChI is InChI=1S/C23H26NO5/c1-26-20-6-5-15-11-19-17-13-21(27-2)22(29-10-4-9-25)12-16(17)7-8-24(19)14-18(15)23(20)28-3/h5-6,11-14,25H,4,7-10H2,1-3H3/q+1. The summed E-state index contributed by atoms with van der Waals surface area (Å²) in [6.45, 7) is 1.43. The van der Waals surface area contributed by atoms with Gasteiger partial charge in [-0.2, -0.15) is 4.57 Å². The van der Waals surface area contributed by atoms with Crippen molar-refractivity contribution in [3.05, 3.63) is 42.1 Å². The lowest BCUT2D eigenvalue weighted by Gasteiger charge is -2.19. The Morgan fingerprint density at radius 1 is 0.966 bits per heavy atom. The quantitative estimate of drug-likeness (QED) is 0.491. The van der Waals surface area contributed by atoms with E-state index in [9.17, 15) is 0 Å². The normalized spacial score (nSPS) is 12.3. The summed E-state index contributed by atoms with van der Waals surface area (Å²) in [5.74, 6) is 2.89. The number of benzene rings is 2. The fourth-order valence-corrected chi connectivity index (χ4v) is 3.91. The van der Waals surface area contributed by atoms with Gasteiger partial charge in [-0.05, 0) is 35.2 Å². The molecule has 6 nitrogen and oxygen atoms in total. The van der Waals surface area contributed by atoms with Crippen LogP contribution in [0.15, 0.2) is 36.5 Å². The van der Waals surface area contributed by atoms with Crippen molar-refractivity contribution in [3.8, 4) is 34.3 Å². The fraction of sp³-hybridized carbons (Fsp3) is 0.348. The van der Waals surface area contributed by atoms with Gasteiger partial charge >= 0.3 is 0 Å². The molecule has 6 heteroatoms. The minimum Gasteiger partial charge on any atom is -0.493 e. The van der Waals surface area contributed by atoms with E-state index in [0.29, 0.717) is 18.8 Å². The molecule has 152 valence electrons. The summed E-state index contributed by atoms with van der Waals surface area (Å²) >= 11 is 0. The van der Waals surface area contributed by atoms with Crippen molar-refractivity contribution in [3.63, 3.8) is 0 Å². The molecule has 1 aromatic heterocycles. The number of hydrogen-bond donors (Lipinski definition) is 1. The van der Waals surface area contributed by atoms with Gasteiger partial charge in [-0.25, -0.2) is 0 Å². The molecule has 1 aliphatic heterocycles. The number of pyridine rings is 1. The Morgan fingerprint density at radius 2 is 1.79 bits per heavy atom. The predicted molar refractivity (Wildman–Crippen MR) is 110 cm³/mol. The highest BCUT2D eigenvalue weighted by Crippen LogP contribution is 2.40. The summed E-state index contributed by atoms with van der Waals surface area (Å²) in [6, 6.07) is 10.3. The second kappa shape index (κ2) is 8.17. The first-order valence-corrected chi connectivity index (χ1v) is 9.73. The molecule has 1 N–H and O–H groups in total. The number of methoxy groups -OCH3 is 3. The van der Waals surface area contributed by atoms with Crippen molar-refractivity contribution in [2.45, 2.75) is 19.4 Å². The van der Waals surface area contributed by atoms with E-state index >= 15 is 0 Å². The first-order chi connectivity index (χ1) is 14.2. The monoisotopic (exact) mass is 396 g/mol. The molecule has 0 amide bonds. The number of fused-ring (bicyclic) bond motifs is 4. The number of aromatic nitrogens is 1. The molecule has 0 bridgehead atoms. The number of aliphatic hydroxyl groups excluding tert-OH is 1. The molecular weight excluding hydrogens is 370 g/mol. The van der Waals surface area contributed by atoms with Gasteiger partial charge in [0.1, 0.15) is 0 Å². The Labute approximate surface area is 170 Å². The molecule has 4 rings (SSSR count). The Kier molecular flexibility index (Phi) is 5.45. The zero-order valence-electron chi connectivity index (χ0n) is 17.0. The third kappa shape index (κ3) is 3.44. The maximum absolute atomic E-state index is 9.00. The molecule has 29 heavy (non-hydrogen) atoms. The number of nitrogens with zero attached hydrogens (tertiary/aromatic N) is 1. The topological polar surface area (TPSA) is 61.0 Å². The summed E-state index contributed by atoms with van der Waals surface area (Å²) in [7, 11) is 4.97. The van der Waals surface area contributed by atoms with Gasteiger partial charge in [0.15, 0.2) is 35.7 Å². The van der Waals surface area contributed by atoms with E-state index in [4.69, 9.17) is 24.1 Å². The first-order valence-electron chi connectivity index (χ1n) is 9.73. The second-order valence-electron chi connectivity index (χ2n) is 6.99. The summed E-state index contributed by atoms with van der Waals surface area (Å²) in [4.78, 5) is 0. The number of rotatable bonds is 7. The van der Waals surface area contributed by atoms with Crippen LogP contribution in [0.25, 0.3) is 22.0 Å². The van der Waals surface area contributed by atoms with E-state index in [1.165, 1.54) is 5.56 Å². The van der Waals surface area contributed by atoms with Crippen molar-refractivity contribution in [1.29, 1.82) is 0 Å². The van der Waals surface area contributed by atoms with Gasteiger partial charge in [-0.15, -0.1) is 0 Å². The first kappa shape index (κ1) is 19.3. The van der Waals surface area contributed by atoms with Gasteiger partial charge in [0.25, 0.3) is 0 Å². The van der Waals surface area contributed by atoms with Gasteiger partial charge in [0.2, 0.25) is 5.69 Å². The van der Waals surface area contributed by atoms with Crippen LogP contribution in [0.3, 0.4) is 0 Å². The fourth-order valence-electron chi connectivity index (χ4n) is 3.91. The van der Waals surface area contributed by atoms with Gasteiger partial charge in [0, 0.05) is 25.5 Å². The average Bonchev–Trinajstić information content (AvgIpc) is 2.76. The molecule has 0 saturated carbocycles. The van der Waals surface area contributed by atoms with Crippen molar-refractivity contribution < 1.29 is 28.6 Å². The largest absolute Gasteiger partial charge is 0.493 e. The van der Waals surface area contributed by atoms with Crippen molar-refractivity contribution >= 4 is 10.8 Å². The van der Waals surface area contributed by atoms with E-state index in [-0.39, 0.29) is 6.61 Å². The number of aliphatic hydroxyl groups is 1. The van der Waals surface area contributed by atoms with Gasteiger partial charge < -0.3 is 24.1 Å². The van der Waals surface area contributed by atoms with Crippen molar-refractivity contribution in [1.82, 2.24) is 0 Å². The van der Waals surface area contributed by atoms with Crippen LogP contribution in [-0.4, -0.2) is 39.6 Å². The minimum atomic E-state index is 0.110. The summed E-state index contributed by atoms with van der Waals surface area (Å²) in [5, 5.41) is 11.1. The Bertz CT molecular complexity index is 1050. The van der Waals surface area contributed by atoms with Gasteiger partial charge in [0.05, 0.1) is 38.9 Å². The zero-order chi connectivity index (χ0) is 20.4. The molecule has 2 heterocycles. The summed E-state index contributed by atoms with van der Waals surface area (Å²) in [6.07, 6.45) is 3.62. The lowest BCUT2D eigenvalue weighted by molar-refractivity contribution is -0.686. The van der Waals surface area contributed by atoms with Gasteiger partial charge in [-0.1, -0.05) is 0 Å². The smallest absolute Gasteiger partial charge is 0.213 e. The number of aryl methyl sites for hydroxylation is 2. The SMILES string of the molecule is COc1cc2c(cc1OCCCO)CC[n+]1cc3c(OC)c(OC)ccc3cc1-2. The maximum atomic E-state index is 9.00. The van der Waals surface area contributed by atoms with Crippen LogP contribution in [-0.2, 0) is 13.0 Å². The molecule has 0 saturated heterocycles. The Morgan fingerprint density at radius 3 is 2.52 bits per heavy atom. The molecule has 0 unspecified atom stereocenters. The van der Waals surface area contributed by atoms with Crippen molar-refractivity contribution in [2.75, 3.05) is 34.5 Å². The third-order valence-corrected chi connectivity index (χ3v) is 5.35. The maximum Gasteiger partial charge on any atom is 0.213 e. The van der Waals surface area contributed by atoms with E-state index in [1.807, 2.05) is 12.1 Å². The molecule has 0 fully saturated rings. The lowest BCUT2D eigenvalue weighted by atomic mass is 9.95. The van der Waals surface area contributed by atoms with Crippen LogP contribution in [0.4, 0.5) is 0 Å². The molecule has 0 atom stereocenters. The average molecular weight is 396 g/mol. The highest BCUT2D eigenvalue weighted by molar-refractivity contribution is 5.91. The number of ether oxygens (including phenoxy) is 4. The minimum absolute atomic E-state index is 0.110. The van der Waals surface area contributed by atoms with Crippen LogP contribution < -0.4 is 23.5 Å². The second-order valence-corrected chi connectivity index (χ2v) is 6.99. The molecule has 2 aromatic carbocycles. The molecular formula is C23H26NO5+. The van der Waals surface area contributed by atoms with Crippen molar-refractivity contribution in [2.24, 2.45) is 0 Å². The van der Waals surface area contributed by atoms with E-state index in [0.717, 1.165) is 52.2 Å². The van der Waals surface area contributed by atoms with Crippen LogP contribution in [0, 0.1) is 0 Å². The third-order valence-electron chi connectivity index (χ3n) is 5.35. The molecule has 0 aliphatic carbocycles. The van der Waals surface area contributed by atoms with E-state index in [2.05, 4.69) is 29.0 Å². The van der Waals surface area contributed by atoms with E-state index < -0.39 is 0 Å². The zero-order valence-corrected chi connectivity index (χ0v) is 17.0. The van der Waals surface area contributed by atoms with Crippen LogP contribution in [0.2, 0.25) is 0 Å². The molecule has 3 aromatic rings. The van der Waals surface area contributed by atoms with Gasteiger partial charge in [-0.3, -0.25) is 0 Å². The van der Waals surface area contributed by atoms with E-state index in [1.54, 1.807) is 21.3 Å². The molecule has 0 spiro atoms. The highest BCUT2D eigenvalue weighted by atomic mass is 16.5. The van der Waals surface area contributed by atoms with Crippen LogP contribution >= 0.6 is 0 Å². The summed E-state index contributed by atoms with van der Waals surface area (Å²) in [5.41, 5.74) is 3.50. The van der Waals surface area contributed by atoms with Crippen LogP contribution in [0.1, 0.15) is 12.0 Å². The van der Waals surface area contributed by atoms with Crippen LogP contribution in [0.5, 0.6) is 23.0 Å². The molecule has 0 radical (unpaired) electrons.